The average Bonchev–Trinajstić information content (AvgIpc) is 3.49. The number of amides is 1. The Morgan fingerprint density at radius 3 is 2.60 bits per heavy atom. The van der Waals surface area contributed by atoms with Crippen LogP contribution < -0.4 is 79.1 Å². The van der Waals surface area contributed by atoms with E-state index in [1.165, 1.54) is 4.90 Å². The Labute approximate surface area is 245 Å². The number of phosphoric ester groups is 1. The Balaban J connectivity index is 0.00000171. The van der Waals surface area contributed by atoms with Gasteiger partial charge in [-0.3, -0.25) is 9.88 Å². The molecule has 2 aromatic heterocycles. The zero-order chi connectivity index (χ0) is 23.0. The summed E-state index contributed by atoms with van der Waals surface area (Å²) in [4.78, 5) is 39.9. The average molecular weight is 516 g/mol. The molecule has 2 aliphatic rings. The number of phosphoric acid groups is 1. The summed E-state index contributed by atoms with van der Waals surface area (Å²) in [6.07, 6.45) is 2.48. The number of nitrogens with one attached hydrogen (secondary N) is 2. The van der Waals surface area contributed by atoms with Gasteiger partial charge in [-0.1, -0.05) is 12.1 Å². The van der Waals surface area contributed by atoms with Gasteiger partial charge in [0.15, 0.2) is 0 Å². The van der Waals surface area contributed by atoms with E-state index >= 15 is 0 Å². The number of nitrogens with zero attached hydrogens (tertiary/aromatic N) is 4. The van der Waals surface area contributed by atoms with E-state index in [1.54, 1.807) is 12.4 Å². The second-order valence-corrected chi connectivity index (χ2v) is 8.91. The third kappa shape index (κ3) is 6.60. The van der Waals surface area contributed by atoms with Gasteiger partial charge in [-0.2, -0.15) is 15.4 Å². The van der Waals surface area contributed by atoms with Crippen molar-refractivity contribution in [2.75, 3.05) is 11.5 Å². The minimum absolute atomic E-state index is 0. The van der Waals surface area contributed by atoms with Crippen molar-refractivity contribution in [1.82, 2.24) is 25.7 Å². The maximum Gasteiger partial charge on any atom is 1.00 e. The molecule has 4 heterocycles. The van der Waals surface area contributed by atoms with E-state index in [9.17, 15) is 19.1 Å². The Bertz CT molecular complexity index is 1210. The number of ether oxygens (including phenoxy) is 1. The fourth-order valence-corrected chi connectivity index (χ4v) is 4.42. The number of carbonyl (C=O) groups is 1. The van der Waals surface area contributed by atoms with Gasteiger partial charge in [-0.05, 0) is 35.7 Å². The molecule has 15 heteroatoms. The molecule has 0 saturated carbocycles. The van der Waals surface area contributed by atoms with Crippen LogP contribution in [0.15, 0.2) is 42.7 Å². The number of hydrogen-bond acceptors (Lipinski definition) is 10. The SMILES string of the molecule is O=C1O[C@@H](COP(=O)([O-])[O-])[C@@H]2Cc3cc(-c4ccc(CNCc5cn[nH]n5)nc4)ccc3N12.[Na+].[Na+]. The number of benzene rings is 1. The summed E-state index contributed by atoms with van der Waals surface area (Å²) in [5, 5.41) is 13.6. The topological polar surface area (TPSA) is 168 Å². The molecule has 1 amide bonds. The monoisotopic (exact) mass is 516 g/mol. The summed E-state index contributed by atoms with van der Waals surface area (Å²) in [5.41, 5.74) is 5.18. The summed E-state index contributed by atoms with van der Waals surface area (Å²) in [5.74, 6) is 0. The van der Waals surface area contributed by atoms with Crippen LogP contribution in [0.25, 0.3) is 11.1 Å². The number of aromatic amines is 1. The van der Waals surface area contributed by atoms with Crippen molar-refractivity contribution < 1.29 is 87.5 Å². The van der Waals surface area contributed by atoms with Gasteiger partial charge in [-0.15, -0.1) is 0 Å². The van der Waals surface area contributed by atoms with E-state index in [1.807, 2.05) is 30.3 Å². The number of anilines is 1. The molecular formula is C20H19N6Na2O6P. The van der Waals surface area contributed by atoms with Crippen molar-refractivity contribution in [3.63, 3.8) is 0 Å². The second kappa shape index (κ2) is 11.9. The van der Waals surface area contributed by atoms with Crippen molar-refractivity contribution in [2.45, 2.75) is 31.7 Å². The Morgan fingerprint density at radius 2 is 1.91 bits per heavy atom. The first-order valence-corrected chi connectivity index (χ1v) is 11.6. The zero-order valence-corrected chi connectivity index (χ0v) is 24.1. The predicted octanol–water partition coefficient (Wildman–Crippen LogP) is -5.74. The van der Waals surface area contributed by atoms with E-state index in [0.717, 1.165) is 28.1 Å². The first kappa shape index (κ1) is 28.4. The normalized spacial score (nSPS) is 18.3. The zero-order valence-electron chi connectivity index (χ0n) is 19.2. The number of fused-ring (bicyclic) bond motifs is 3. The van der Waals surface area contributed by atoms with Crippen LogP contribution in [0.3, 0.4) is 0 Å². The van der Waals surface area contributed by atoms with Gasteiger partial charge in [0.05, 0.1) is 43.7 Å². The summed E-state index contributed by atoms with van der Waals surface area (Å²) in [7, 11) is -5.15. The van der Waals surface area contributed by atoms with Gasteiger partial charge in [0.25, 0.3) is 0 Å². The molecule has 172 valence electrons. The smallest absolute Gasteiger partial charge is 0.790 e. The Morgan fingerprint density at radius 1 is 1.14 bits per heavy atom. The van der Waals surface area contributed by atoms with E-state index in [2.05, 4.69) is 30.2 Å². The summed E-state index contributed by atoms with van der Waals surface area (Å²) >= 11 is 0. The molecular weight excluding hydrogens is 497 g/mol. The maximum absolute atomic E-state index is 12.3. The fraction of sp³-hybridized carbons (Fsp3) is 0.300. The Hall–Kier alpha value is -1.15. The molecule has 0 spiro atoms. The van der Waals surface area contributed by atoms with Crippen LogP contribution in [0.5, 0.6) is 0 Å². The fourth-order valence-electron chi connectivity index (χ4n) is 4.09. The first-order chi connectivity index (χ1) is 15.9. The van der Waals surface area contributed by atoms with E-state index < -0.39 is 32.7 Å². The van der Waals surface area contributed by atoms with Crippen LogP contribution in [-0.4, -0.2) is 45.2 Å². The number of cyclic esters (lactones) is 1. The van der Waals surface area contributed by atoms with Crippen molar-refractivity contribution in [3.05, 3.63) is 59.7 Å². The molecule has 1 fully saturated rings. The standard InChI is InChI=1S/C20H21N6O6P.2Na/c27-20-26-17-4-2-12(5-14(17)6-18(26)19(32-20)11-31-33(28,29)30)13-1-3-15(22-7-13)8-21-9-16-10-23-25-24-16;;/h1-5,7,10,18-19,21H,6,8-9,11H2,(H,23,24,25)(H2,28,29,30);;/q;2*+1/p-2/t18-,19-;;/m0../s1. The first-order valence-electron chi connectivity index (χ1n) is 10.2. The summed E-state index contributed by atoms with van der Waals surface area (Å²) < 4.78 is 20.3. The van der Waals surface area contributed by atoms with Crippen molar-refractivity contribution in [3.8, 4) is 11.1 Å². The van der Waals surface area contributed by atoms with Crippen molar-refractivity contribution in [2.24, 2.45) is 0 Å². The van der Waals surface area contributed by atoms with Crippen molar-refractivity contribution in [1.29, 1.82) is 0 Å². The molecule has 12 nitrogen and oxygen atoms in total. The molecule has 0 bridgehead atoms. The summed E-state index contributed by atoms with van der Waals surface area (Å²) in [6.45, 7) is 0.672. The van der Waals surface area contributed by atoms with E-state index in [4.69, 9.17) is 4.74 Å². The minimum Gasteiger partial charge on any atom is -0.790 e. The third-order valence-corrected chi connectivity index (χ3v) is 6.08. The second-order valence-electron chi connectivity index (χ2n) is 7.75. The number of H-pyrrole nitrogens is 1. The molecule has 1 saturated heterocycles. The van der Waals surface area contributed by atoms with Crippen LogP contribution >= 0.6 is 7.82 Å². The van der Waals surface area contributed by atoms with Gasteiger partial charge in [0, 0.05) is 24.8 Å². The van der Waals surface area contributed by atoms with E-state index in [-0.39, 0.29) is 59.1 Å². The molecule has 2 aliphatic heterocycles. The summed E-state index contributed by atoms with van der Waals surface area (Å²) in [6, 6.07) is 9.18. The van der Waals surface area contributed by atoms with Crippen LogP contribution in [0.2, 0.25) is 0 Å². The van der Waals surface area contributed by atoms with Crippen LogP contribution in [0.4, 0.5) is 10.5 Å². The van der Waals surface area contributed by atoms with Crippen LogP contribution in [0, 0.1) is 0 Å². The maximum atomic E-state index is 12.3. The van der Waals surface area contributed by atoms with Crippen molar-refractivity contribution >= 4 is 19.6 Å². The number of carbonyl (C=O) groups excluding carboxylic acids is 1. The van der Waals surface area contributed by atoms with Gasteiger partial charge in [0.1, 0.15) is 6.10 Å². The third-order valence-electron chi connectivity index (χ3n) is 5.61. The molecule has 0 radical (unpaired) electrons. The van der Waals surface area contributed by atoms with Crippen LogP contribution in [0.1, 0.15) is 17.0 Å². The van der Waals surface area contributed by atoms with Gasteiger partial charge in [0.2, 0.25) is 0 Å². The number of aromatic nitrogens is 4. The van der Waals surface area contributed by atoms with Crippen LogP contribution in [-0.2, 0) is 33.3 Å². The van der Waals surface area contributed by atoms with E-state index in [0.29, 0.717) is 25.2 Å². The molecule has 3 aromatic rings. The Kier molecular flexibility index (Phi) is 9.69. The molecule has 0 aliphatic carbocycles. The molecule has 0 unspecified atom stereocenters. The molecule has 2 atom stereocenters. The molecule has 35 heavy (non-hydrogen) atoms. The number of hydrogen-bond donors (Lipinski definition) is 2. The predicted molar refractivity (Wildman–Crippen MR) is 110 cm³/mol. The molecule has 2 N–H and O–H groups in total. The number of pyridine rings is 1. The van der Waals surface area contributed by atoms with Gasteiger partial charge < -0.3 is 28.9 Å². The minimum atomic E-state index is -5.15. The number of rotatable bonds is 8. The quantitative estimate of drug-likeness (QED) is 0.217. The largest absolute Gasteiger partial charge is 1.00 e. The molecule has 5 rings (SSSR count). The van der Waals surface area contributed by atoms with Gasteiger partial charge in [-0.25, -0.2) is 4.79 Å². The van der Waals surface area contributed by atoms with Gasteiger partial charge >= 0.3 is 65.2 Å². The molecule has 1 aromatic carbocycles.